The van der Waals surface area contributed by atoms with Gasteiger partial charge < -0.3 is 17.0 Å². The van der Waals surface area contributed by atoms with Crippen molar-refractivity contribution in [1.29, 1.82) is 0 Å². The first-order chi connectivity index (χ1) is 6.92. The van der Waals surface area contributed by atoms with E-state index in [2.05, 4.69) is 0 Å². The summed E-state index contributed by atoms with van der Waals surface area (Å²) < 4.78 is 5.27. The van der Waals surface area contributed by atoms with Crippen LogP contribution in [0.4, 0.5) is 0 Å². The molecule has 0 bridgehead atoms. The van der Waals surface area contributed by atoms with Crippen LogP contribution in [0.25, 0.3) is 0 Å². The van der Waals surface area contributed by atoms with Crippen molar-refractivity contribution >= 4 is 5.97 Å². The van der Waals surface area contributed by atoms with Gasteiger partial charge in [-0.05, 0) is 0 Å². The maximum Gasteiger partial charge on any atom is -1.00 e. The fourth-order valence-electron chi connectivity index (χ4n) is 1.14. The monoisotopic (exact) mass is 334 g/mol. The average Bonchev–Trinajstić information content (AvgIpc) is 2.15. The topological polar surface area (TPSA) is 26.3 Å². The van der Waals surface area contributed by atoms with Crippen LogP contribution < -0.4 is 17.0 Å². The summed E-state index contributed by atoms with van der Waals surface area (Å²) in [4.78, 5) is 11.6. The third kappa shape index (κ3) is 5.22. The van der Waals surface area contributed by atoms with Gasteiger partial charge in [0.15, 0.2) is 0 Å². The molecular weight excluding hydrogens is 321 g/mol. The second kappa shape index (κ2) is 6.51. The van der Waals surface area contributed by atoms with Crippen LogP contribution in [-0.4, -0.2) is 11.6 Å². The number of halogens is 1. The van der Waals surface area contributed by atoms with Gasteiger partial charge in [-0.15, -0.1) is 0 Å². The second-order valence-corrected chi connectivity index (χ2v) is 5.50. The summed E-state index contributed by atoms with van der Waals surface area (Å²) in [6, 6.07) is 7.64. The van der Waals surface area contributed by atoms with Gasteiger partial charge in [0.1, 0.15) is 0 Å². The van der Waals surface area contributed by atoms with E-state index in [0.717, 1.165) is 5.02 Å². The van der Waals surface area contributed by atoms with E-state index in [1.807, 2.05) is 45.0 Å². The van der Waals surface area contributed by atoms with Crippen LogP contribution in [0.5, 0.6) is 0 Å². The summed E-state index contributed by atoms with van der Waals surface area (Å²) in [6.45, 7) is 5.61. The Morgan fingerprint density at radius 3 is 2.12 bits per heavy atom. The first-order valence-corrected chi connectivity index (χ1v) is 7.14. The van der Waals surface area contributed by atoms with Crippen molar-refractivity contribution in [2.45, 2.75) is 31.4 Å². The third-order valence-corrected chi connectivity index (χ3v) is 3.09. The van der Waals surface area contributed by atoms with Crippen molar-refractivity contribution in [3.05, 3.63) is 35.4 Å². The normalized spacial score (nSPS) is 10.6. The minimum atomic E-state index is -0.424. The van der Waals surface area contributed by atoms with Crippen LogP contribution in [0.15, 0.2) is 24.3 Å². The van der Waals surface area contributed by atoms with Crippen molar-refractivity contribution in [3.63, 3.8) is 0 Å². The molecule has 0 radical (unpaired) electrons. The molecule has 2 nitrogen and oxygen atoms in total. The zero-order valence-electron chi connectivity index (χ0n) is 9.92. The standard InChI is InChI=1S/C12H15O2.BrH.Zn/c1-9-5-7-10(8-6-9)11(13)14-12(2,3)4;;/h5-8H,1H2,2-4H3;1H;/q;;+1/p-1. The van der Waals surface area contributed by atoms with Crippen LogP contribution in [0.1, 0.15) is 36.7 Å². The molecule has 0 unspecified atom stereocenters. The van der Waals surface area contributed by atoms with Gasteiger partial charge in [0, 0.05) is 0 Å². The van der Waals surface area contributed by atoms with Gasteiger partial charge in [-0.3, -0.25) is 0 Å². The van der Waals surface area contributed by atoms with E-state index in [1.54, 1.807) is 0 Å². The summed E-state index contributed by atoms with van der Waals surface area (Å²) in [6.07, 6.45) is 0. The molecule has 0 heterocycles. The molecule has 84 valence electrons. The van der Waals surface area contributed by atoms with Gasteiger partial charge in [0.05, 0.1) is 0 Å². The smallest absolute Gasteiger partial charge is 1.00 e. The average molecular weight is 337 g/mol. The van der Waals surface area contributed by atoms with E-state index < -0.39 is 5.60 Å². The maximum absolute atomic E-state index is 11.6. The van der Waals surface area contributed by atoms with E-state index in [-0.39, 0.29) is 23.0 Å². The first kappa shape index (κ1) is 15.8. The third-order valence-electron chi connectivity index (χ3n) is 1.88. The zero-order valence-corrected chi connectivity index (χ0v) is 14.5. The van der Waals surface area contributed by atoms with Crippen LogP contribution in [0, 0.1) is 0 Å². The van der Waals surface area contributed by atoms with Crippen LogP contribution in [0.2, 0.25) is 0 Å². The quantitative estimate of drug-likeness (QED) is 0.547. The van der Waals surface area contributed by atoms with Crippen molar-refractivity contribution in [3.8, 4) is 0 Å². The zero-order chi connectivity index (χ0) is 11.5. The van der Waals surface area contributed by atoms with E-state index in [1.165, 1.54) is 23.9 Å². The second-order valence-electron chi connectivity index (χ2n) is 4.45. The molecule has 0 saturated heterocycles. The molecule has 0 spiro atoms. The Labute approximate surface area is 117 Å². The summed E-state index contributed by atoms with van der Waals surface area (Å²) in [5.74, 6) is -0.249. The predicted molar refractivity (Wildman–Crippen MR) is 55.3 cm³/mol. The summed E-state index contributed by atoms with van der Waals surface area (Å²) in [5.41, 5.74) is 1.48. The molecule has 1 rings (SSSR count). The molecule has 0 aliphatic heterocycles. The van der Waals surface area contributed by atoms with Crippen molar-refractivity contribution < 1.29 is 44.8 Å². The molecule has 0 amide bonds. The Morgan fingerprint density at radius 1 is 1.25 bits per heavy atom. The number of carbonyl (C=O) groups is 1. The molecule has 4 heteroatoms. The Morgan fingerprint density at radius 2 is 1.75 bits per heavy atom. The molecule has 0 aliphatic rings. The fraction of sp³-hybridized carbons (Fsp3) is 0.417. The fourth-order valence-corrected chi connectivity index (χ4v) is 1.84. The minimum Gasteiger partial charge on any atom is -1.00 e. The molecule has 0 saturated carbocycles. The van der Waals surface area contributed by atoms with E-state index in [0.29, 0.717) is 5.56 Å². The summed E-state index contributed by atoms with van der Waals surface area (Å²) in [7, 11) is 0. The van der Waals surface area contributed by atoms with Gasteiger partial charge in [-0.1, -0.05) is 0 Å². The number of rotatable bonds is 2. The molecule has 0 atom stereocenters. The Kier molecular flexibility index (Phi) is 6.43. The summed E-state index contributed by atoms with van der Waals surface area (Å²) in [5, 5.41) is 1.11. The van der Waals surface area contributed by atoms with Gasteiger partial charge >= 0.3 is 101 Å². The van der Waals surface area contributed by atoms with Crippen molar-refractivity contribution in [1.82, 2.24) is 0 Å². The molecule has 0 N–H and O–H groups in total. The number of carbonyl (C=O) groups excluding carboxylic acids is 1. The number of esters is 1. The molecule has 0 fully saturated rings. The van der Waals surface area contributed by atoms with Gasteiger partial charge in [0.25, 0.3) is 0 Å². The number of hydrogen-bond donors (Lipinski definition) is 0. The van der Waals surface area contributed by atoms with E-state index in [9.17, 15) is 4.79 Å². The van der Waals surface area contributed by atoms with E-state index in [4.69, 9.17) is 4.74 Å². The molecule has 16 heavy (non-hydrogen) atoms. The van der Waals surface area contributed by atoms with Crippen molar-refractivity contribution in [2.24, 2.45) is 0 Å². The molecular formula is C12H15BrO2Zn. The first-order valence-electron chi connectivity index (χ1n) is 5.04. The Hall–Kier alpha value is -0.207. The molecule has 1 aromatic rings. The van der Waals surface area contributed by atoms with Crippen LogP contribution >= 0.6 is 0 Å². The number of ether oxygens (including phenoxy) is 1. The predicted octanol–water partition coefficient (Wildman–Crippen LogP) is -0.307. The Balaban J connectivity index is 0.00000225. The van der Waals surface area contributed by atoms with Gasteiger partial charge in [-0.25, -0.2) is 0 Å². The largest absolute Gasteiger partial charge is 1.00 e. The maximum atomic E-state index is 11.6. The Bertz CT molecular complexity index is 341. The van der Waals surface area contributed by atoms with Gasteiger partial charge in [0.2, 0.25) is 0 Å². The van der Waals surface area contributed by atoms with Crippen molar-refractivity contribution in [2.75, 3.05) is 0 Å². The minimum absolute atomic E-state index is 0. The van der Waals surface area contributed by atoms with Crippen LogP contribution in [-0.2, 0) is 28.1 Å². The van der Waals surface area contributed by atoms with Gasteiger partial charge in [-0.2, -0.15) is 0 Å². The van der Waals surface area contributed by atoms with Crippen LogP contribution in [0.3, 0.4) is 0 Å². The molecule has 1 aromatic carbocycles. The number of benzene rings is 1. The number of hydrogen-bond acceptors (Lipinski definition) is 2. The van der Waals surface area contributed by atoms with E-state index >= 15 is 0 Å². The summed E-state index contributed by atoms with van der Waals surface area (Å²) >= 11 is 1.24. The molecule has 0 aliphatic carbocycles. The molecule has 0 aromatic heterocycles. The SMILES string of the molecule is CC(C)(C)OC(=O)c1ccc([CH2][Zn+])cc1.[Br-].